The first-order valence-corrected chi connectivity index (χ1v) is 17.5. The molecule has 0 spiro atoms. The molecule has 0 aromatic carbocycles. The van der Waals surface area contributed by atoms with E-state index in [9.17, 15) is 14.4 Å². The third kappa shape index (κ3) is 28.0. The van der Waals surface area contributed by atoms with Gasteiger partial charge in [0.2, 0.25) is 11.6 Å². The SMILES string of the molecule is CCCCCCCCC=CCCCCCCCC(=O)C(=O)C(=O)CCCCCCCC=CCCCCCCCC. The molecule has 0 amide bonds. The molecule has 0 aromatic heterocycles. The molecule has 0 atom stereocenters. The quantitative estimate of drug-likeness (QED) is 0.0357. The molecule has 0 aliphatic carbocycles. The van der Waals surface area contributed by atoms with Crippen molar-refractivity contribution in [2.75, 3.05) is 0 Å². The molecule has 0 aromatic rings. The van der Waals surface area contributed by atoms with Crippen LogP contribution in [0.1, 0.15) is 194 Å². The Morgan fingerprint density at radius 1 is 0.350 bits per heavy atom. The van der Waals surface area contributed by atoms with Crippen molar-refractivity contribution in [3.8, 4) is 0 Å². The number of Topliss-reactive ketones (excluding diaryl/α,β-unsaturated/α-hetero) is 3. The van der Waals surface area contributed by atoms with Gasteiger partial charge in [-0.3, -0.25) is 14.4 Å². The normalized spacial score (nSPS) is 11.7. The monoisotopic (exact) mass is 559 g/mol. The van der Waals surface area contributed by atoms with E-state index < -0.39 is 17.3 Å². The van der Waals surface area contributed by atoms with Gasteiger partial charge in [0.15, 0.2) is 0 Å². The van der Waals surface area contributed by atoms with Gasteiger partial charge >= 0.3 is 0 Å². The minimum absolute atomic E-state index is 0.231. The maximum Gasteiger partial charge on any atom is 0.264 e. The van der Waals surface area contributed by atoms with Gasteiger partial charge in [0, 0.05) is 12.8 Å². The summed E-state index contributed by atoms with van der Waals surface area (Å²) in [7, 11) is 0. The van der Waals surface area contributed by atoms with Gasteiger partial charge in [-0.05, 0) is 64.2 Å². The van der Waals surface area contributed by atoms with E-state index >= 15 is 0 Å². The summed E-state index contributed by atoms with van der Waals surface area (Å²) in [5.41, 5.74) is 0. The molecule has 0 saturated carbocycles. The van der Waals surface area contributed by atoms with Crippen molar-refractivity contribution >= 4 is 17.3 Å². The number of rotatable bonds is 32. The van der Waals surface area contributed by atoms with E-state index in [0.29, 0.717) is 0 Å². The van der Waals surface area contributed by atoms with Crippen molar-refractivity contribution in [1.29, 1.82) is 0 Å². The predicted molar refractivity (Wildman–Crippen MR) is 174 cm³/mol. The third-order valence-electron chi connectivity index (χ3n) is 7.84. The predicted octanol–water partition coefficient (Wildman–Crippen LogP) is 11.8. The Morgan fingerprint density at radius 3 is 0.900 bits per heavy atom. The lowest BCUT2D eigenvalue weighted by atomic mass is 10.0. The molecular weight excluding hydrogens is 492 g/mol. The Hall–Kier alpha value is -1.51. The molecule has 232 valence electrons. The van der Waals surface area contributed by atoms with Gasteiger partial charge in [-0.2, -0.15) is 0 Å². The number of allylic oxidation sites excluding steroid dienone is 4. The zero-order valence-electron chi connectivity index (χ0n) is 26.8. The number of hydrogen-bond donors (Lipinski definition) is 0. The second-order valence-electron chi connectivity index (χ2n) is 11.8. The fourth-order valence-corrected chi connectivity index (χ4v) is 5.10. The third-order valence-corrected chi connectivity index (χ3v) is 7.84. The first-order valence-electron chi connectivity index (χ1n) is 17.5. The van der Waals surface area contributed by atoms with Gasteiger partial charge in [-0.1, -0.05) is 141 Å². The van der Waals surface area contributed by atoms with E-state index in [4.69, 9.17) is 0 Å². The molecule has 3 nitrogen and oxygen atoms in total. The first-order chi connectivity index (χ1) is 19.6. The highest BCUT2D eigenvalue weighted by molar-refractivity contribution is 6.63. The van der Waals surface area contributed by atoms with Crippen LogP contribution in [0.4, 0.5) is 0 Å². The molecular formula is C37H66O3. The zero-order chi connectivity index (χ0) is 29.4. The van der Waals surface area contributed by atoms with Crippen molar-refractivity contribution in [3.63, 3.8) is 0 Å². The maximum absolute atomic E-state index is 12.1. The number of hydrogen-bond acceptors (Lipinski definition) is 3. The molecule has 0 aliphatic heterocycles. The minimum Gasteiger partial charge on any atom is -0.290 e. The Kier molecular flexibility index (Phi) is 30.8. The smallest absolute Gasteiger partial charge is 0.264 e. The molecule has 0 N–H and O–H groups in total. The van der Waals surface area contributed by atoms with Crippen LogP contribution < -0.4 is 0 Å². The van der Waals surface area contributed by atoms with E-state index in [1.165, 1.54) is 103 Å². The van der Waals surface area contributed by atoms with E-state index in [-0.39, 0.29) is 12.8 Å². The van der Waals surface area contributed by atoms with Gasteiger partial charge < -0.3 is 0 Å². The van der Waals surface area contributed by atoms with Crippen LogP contribution in [-0.2, 0) is 14.4 Å². The van der Waals surface area contributed by atoms with Crippen molar-refractivity contribution in [3.05, 3.63) is 24.3 Å². The van der Waals surface area contributed by atoms with Crippen molar-refractivity contribution in [2.24, 2.45) is 0 Å². The van der Waals surface area contributed by atoms with Crippen LogP contribution in [0.2, 0.25) is 0 Å². The van der Waals surface area contributed by atoms with Gasteiger partial charge in [-0.25, -0.2) is 0 Å². The van der Waals surface area contributed by atoms with Crippen LogP contribution in [0.15, 0.2) is 24.3 Å². The van der Waals surface area contributed by atoms with Crippen molar-refractivity contribution in [2.45, 2.75) is 194 Å². The van der Waals surface area contributed by atoms with Crippen LogP contribution >= 0.6 is 0 Å². The standard InChI is InChI=1S/C37H66O3/c1-3-5-7-9-11-13-15-17-19-21-23-25-27-29-31-33-35(38)37(40)36(39)34-32-30-28-26-24-22-20-18-16-14-12-10-8-6-4-2/h17-20H,3-16,21-34H2,1-2H3. The average molecular weight is 559 g/mol. The van der Waals surface area contributed by atoms with Crippen LogP contribution in [0, 0.1) is 0 Å². The van der Waals surface area contributed by atoms with Crippen LogP contribution in [0.5, 0.6) is 0 Å². The highest BCUT2D eigenvalue weighted by Crippen LogP contribution is 2.12. The summed E-state index contributed by atoms with van der Waals surface area (Å²) in [6.45, 7) is 4.51. The molecule has 0 bridgehead atoms. The summed E-state index contributed by atoms with van der Waals surface area (Å²) in [6, 6.07) is 0. The summed E-state index contributed by atoms with van der Waals surface area (Å²) in [4.78, 5) is 36.3. The summed E-state index contributed by atoms with van der Waals surface area (Å²) in [6.07, 6.45) is 40.9. The largest absolute Gasteiger partial charge is 0.290 e. The summed E-state index contributed by atoms with van der Waals surface area (Å²) < 4.78 is 0. The lowest BCUT2D eigenvalue weighted by Gasteiger charge is -2.02. The van der Waals surface area contributed by atoms with E-state index in [1.807, 2.05) is 0 Å². The summed E-state index contributed by atoms with van der Waals surface area (Å²) in [5, 5.41) is 0. The van der Waals surface area contributed by atoms with Crippen molar-refractivity contribution in [1.82, 2.24) is 0 Å². The van der Waals surface area contributed by atoms with Crippen molar-refractivity contribution < 1.29 is 14.4 Å². The Balaban J connectivity index is 3.51. The second-order valence-corrected chi connectivity index (χ2v) is 11.8. The maximum atomic E-state index is 12.1. The van der Waals surface area contributed by atoms with E-state index in [0.717, 1.165) is 64.2 Å². The molecule has 0 aliphatic rings. The van der Waals surface area contributed by atoms with Gasteiger partial charge in [-0.15, -0.1) is 0 Å². The molecule has 0 radical (unpaired) electrons. The number of carbonyl (C=O) groups excluding carboxylic acids is 3. The van der Waals surface area contributed by atoms with E-state index in [1.54, 1.807) is 0 Å². The Bertz CT molecular complexity index is 592. The number of unbranched alkanes of at least 4 members (excludes halogenated alkanes) is 22. The van der Waals surface area contributed by atoms with Gasteiger partial charge in [0.1, 0.15) is 0 Å². The van der Waals surface area contributed by atoms with Gasteiger partial charge in [0.05, 0.1) is 0 Å². The highest BCUT2D eigenvalue weighted by atomic mass is 16.2. The molecule has 0 unspecified atom stereocenters. The highest BCUT2D eigenvalue weighted by Gasteiger charge is 2.21. The molecule has 0 heterocycles. The average Bonchev–Trinajstić information content (AvgIpc) is 2.96. The summed E-state index contributed by atoms with van der Waals surface area (Å²) >= 11 is 0. The Morgan fingerprint density at radius 2 is 0.600 bits per heavy atom. The fraction of sp³-hybridized carbons (Fsp3) is 0.811. The number of carbonyl (C=O) groups is 3. The minimum atomic E-state index is -0.758. The first kappa shape index (κ1) is 38.5. The fourth-order valence-electron chi connectivity index (χ4n) is 5.10. The summed E-state index contributed by atoms with van der Waals surface area (Å²) in [5.74, 6) is -1.71. The lowest BCUT2D eigenvalue weighted by molar-refractivity contribution is -0.144. The molecule has 3 heteroatoms. The van der Waals surface area contributed by atoms with Crippen LogP contribution in [-0.4, -0.2) is 17.3 Å². The second kappa shape index (κ2) is 32.0. The molecule has 40 heavy (non-hydrogen) atoms. The van der Waals surface area contributed by atoms with Crippen LogP contribution in [0.25, 0.3) is 0 Å². The van der Waals surface area contributed by atoms with Crippen LogP contribution in [0.3, 0.4) is 0 Å². The number of ketones is 3. The van der Waals surface area contributed by atoms with E-state index in [2.05, 4.69) is 38.2 Å². The molecule has 0 saturated heterocycles. The Labute approximate surface area is 249 Å². The van der Waals surface area contributed by atoms with Gasteiger partial charge in [0.25, 0.3) is 5.78 Å². The topological polar surface area (TPSA) is 51.2 Å². The molecule has 0 rings (SSSR count). The zero-order valence-corrected chi connectivity index (χ0v) is 26.8. The molecule has 0 fully saturated rings. The lowest BCUT2D eigenvalue weighted by Crippen LogP contribution is -2.23.